The molecule has 1 fully saturated rings. The Morgan fingerprint density at radius 2 is 1.93 bits per heavy atom. The maximum Gasteiger partial charge on any atom is 0.305 e. The standard InChI is InChI=1S/C20H21NO7S/c22-11-18-20-16(9-13(27-18)10-19(23)24)15-8-12(6-7-17(15)28-20)21-29(25,26)14-4-2-1-3-5-14/h1-8,13,16,18,20-22H,9-11H2,(H,23,24)/t13-,16-,18+,20+/m0/s1. The third kappa shape index (κ3) is 3.93. The van der Waals surface area contributed by atoms with Crippen molar-refractivity contribution in [3.05, 3.63) is 54.1 Å². The molecule has 2 aliphatic heterocycles. The minimum Gasteiger partial charge on any atom is -0.487 e. The van der Waals surface area contributed by atoms with Crippen LogP contribution in [-0.4, -0.2) is 49.5 Å². The molecule has 154 valence electrons. The molecular formula is C20H21NO7S. The number of aliphatic hydroxyl groups excluding tert-OH is 1. The van der Waals surface area contributed by atoms with Crippen LogP contribution >= 0.6 is 0 Å². The number of rotatable bonds is 6. The van der Waals surface area contributed by atoms with Gasteiger partial charge in [0.25, 0.3) is 10.0 Å². The molecule has 0 amide bonds. The van der Waals surface area contributed by atoms with Crippen LogP contribution in [0.15, 0.2) is 53.4 Å². The van der Waals surface area contributed by atoms with E-state index in [1.54, 1.807) is 36.4 Å². The lowest BCUT2D eigenvalue weighted by Crippen LogP contribution is -2.46. The smallest absolute Gasteiger partial charge is 0.305 e. The van der Waals surface area contributed by atoms with E-state index in [1.165, 1.54) is 12.1 Å². The average molecular weight is 419 g/mol. The second-order valence-corrected chi connectivity index (χ2v) is 8.86. The molecule has 29 heavy (non-hydrogen) atoms. The summed E-state index contributed by atoms with van der Waals surface area (Å²) in [6.07, 6.45) is -1.40. The van der Waals surface area contributed by atoms with Gasteiger partial charge in [0.05, 0.1) is 24.0 Å². The van der Waals surface area contributed by atoms with Gasteiger partial charge in [-0.1, -0.05) is 18.2 Å². The lowest BCUT2D eigenvalue weighted by molar-refractivity contribution is -0.153. The lowest BCUT2D eigenvalue weighted by atomic mass is 9.84. The normalized spacial score (nSPS) is 25.6. The Bertz CT molecular complexity index is 1010. The molecule has 4 rings (SSSR count). The minimum absolute atomic E-state index is 0.155. The number of ether oxygens (including phenoxy) is 2. The molecular weight excluding hydrogens is 398 g/mol. The quantitative estimate of drug-likeness (QED) is 0.654. The molecule has 0 spiro atoms. The number of hydrogen-bond donors (Lipinski definition) is 3. The van der Waals surface area contributed by atoms with Crippen LogP contribution in [0.2, 0.25) is 0 Å². The largest absolute Gasteiger partial charge is 0.487 e. The molecule has 0 bridgehead atoms. The van der Waals surface area contributed by atoms with Crippen LogP contribution in [0.3, 0.4) is 0 Å². The Balaban J connectivity index is 1.60. The summed E-state index contributed by atoms with van der Waals surface area (Å²) in [5, 5.41) is 18.7. The molecule has 4 atom stereocenters. The van der Waals surface area contributed by atoms with Crippen molar-refractivity contribution in [2.24, 2.45) is 0 Å². The van der Waals surface area contributed by atoms with Gasteiger partial charge in [-0.15, -0.1) is 0 Å². The van der Waals surface area contributed by atoms with Gasteiger partial charge in [0.2, 0.25) is 0 Å². The topological polar surface area (TPSA) is 122 Å². The Morgan fingerprint density at radius 1 is 1.17 bits per heavy atom. The van der Waals surface area contributed by atoms with Crippen molar-refractivity contribution < 1.29 is 32.9 Å². The van der Waals surface area contributed by atoms with E-state index in [9.17, 15) is 18.3 Å². The van der Waals surface area contributed by atoms with Gasteiger partial charge in [0.1, 0.15) is 18.0 Å². The molecule has 1 saturated heterocycles. The van der Waals surface area contributed by atoms with Gasteiger partial charge in [-0.25, -0.2) is 8.42 Å². The van der Waals surface area contributed by atoms with Crippen LogP contribution in [0.5, 0.6) is 5.75 Å². The fraction of sp³-hybridized carbons (Fsp3) is 0.350. The third-order valence-corrected chi connectivity index (χ3v) is 6.60. The number of aliphatic carboxylic acids is 1. The maximum atomic E-state index is 12.6. The highest BCUT2D eigenvalue weighted by molar-refractivity contribution is 7.92. The summed E-state index contributed by atoms with van der Waals surface area (Å²) in [7, 11) is -3.74. The molecule has 0 aromatic heterocycles. The van der Waals surface area contributed by atoms with Crippen LogP contribution < -0.4 is 9.46 Å². The van der Waals surface area contributed by atoms with Crippen molar-refractivity contribution in [1.82, 2.24) is 0 Å². The van der Waals surface area contributed by atoms with Gasteiger partial charge in [-0.3, -0.25) is 9.52 Å². The number of carboxylic acids is 1. The minimum atomic E-state index is -3.74. The number of anilines is 1. The van der Waals surface area contributed by atoms with Gasteiger partial charge in [0, 0.05) is 17.2 Å². The zero-order valence-electron chi connectivity index (χ0n) is 15.4. The van der Waals surface area contributed by atoms with E-state index >= 15 is 0 Å². The molecule has 8 nitrogen and oxygen atoms in total. The molecule has 0 unspecified atom stereocenters. The van der Waals surface area contributed by atoms with E-state index in [1.807, 2.05) is 0 Å². The number of hydrogen-bond acceptors (Lipinski definition) is 6. The highest BCUT2D eigenvalue weighted by Crippen LogP contribution is 2.47. The Labute approximate surface area is 168 Å². The van der Waals surface area contributed by atoms with Crippen molar-refractivity contribution >= 4 is 21.7 Å². The molecule has 2 heterocycles. The van der Waals surface area contributed by atoms with E-state index in [4.69, 9.17) is 14.6 Å². The molecule has 0 radical (unpaired) electrons. The summed E-state index contributed by atoms with van der Waals surface area (Å²) in [5.41, 5.74) is 1.17. The third-order valence-electron chi connectivity index (χ3n) is 5.21. The average Bonchev–Trinajstić information content (AvgIpc) is 3.05. The highest BCUT2D eigenvalue weighted by atomic mass is 32.2. The summed E-state index contributed by atoms with van der Waals surface area (Å²) in [5.74, 6) is -0.587. The molecule has 0 saturated carbocycles. The van der Waals surface area contributed by atoms with Gasteiger partial charge < -0.3 is 19.7 Å². The van der Waals surface area contributed by atoms with Gasteiger partial charge >= 0.3 is 5.97 Å². The fourth-order valence-electron chi connectivity index (χ4n) is 3.96. The second-order valence-electron chi connectivity index (χ2n) is 7.17. The van der Waals surface area contributed by atoms with Crippen molar-refractivity contribution in [3.8, 4) is 5.75 Å². The first-order valence-electron chi connectivity index (χ1n) is 9.24. The predicted octanol–water partition coefficient (Wildman–Crippen LogP) is 1.96. The van der Waals surface area contributed by atoms with Crippen molar-refractivity contribution in [1.29, 1.82) is 0 Å². The highest BCUT2D eigenvalue weighted by Gasteiger charge is 2.46. The van der Waals surface area contributed by atoms with Gasteiger partial charge in [0.15, 0.2) is 0 Å². The predicted molar refractivity (Wildman–Crippen MR) is 103 cm³/mol. The number of sulfonamides is 1. The first kappa shape index (κ1) is 19.7. The second kappa shape index (κ2) is 7.66. The first-order chi connectivity index (χ1) is 13.9. The van der Waals surface area contributed by atoms with Crippen molar-refractivity contribution in [2.75, 3.05) is 11.3 Å². The lowest BCUT2D eigenvalue weighted by Gasteiger charge is -2.36. The maximum absolute atomic E-state index is 12.6. The number of carbonyl (C=O) groups is 1. The fourth-order valence-corrected chi connectivity index (χ4v) is 5.03. The summed E-state index contributed by atoms with van der Waals surface area (Å²) < 4.78 is 39.4. The summed E-state index contributed by atoms with van der Waals surface area (Å²) >= 11 is 0. The SMILES string of the molecule is O=C(O)C[C@@H]1C[C@H]2c3cc(NS(=O)(=O)c4ccccc4)ccc3O[C@H]2[C@@H](CO)O1. The summed E-state index contributed by atoms with van der Waals surface area (Å²) in [6, 6.07) is 13.0. The van der Waals surface area contributed by atoms with E-state index in [0.717, 1.165) is 5.56 Å². The molecule has 9 heteroatoms. The molecule has 2 aromatic carbocycles. The Morgan fingerprint density at radius 3 is 2.62 bits per heavy atom. The van der Waals surface area contributed by atoms with Crippen molar-refractivity contribution in [2.45, 2.75) is 42.0 Å². The van der Waals surface area contributed by atoms with Crippen LogP contribution in [0.4, 0.5) is 5.69 Å². The zero-order valence-corrected chi connectivity index (χ0v) is 16.2. The number of aliphatic hydroxyl groups is 1. The molecule has 0 aliphatic carbocycles. The zero-order chi connectivity index (χ0) is 20.6. The van der Waals surface area contributed by atoms with E-state index in [0.29, 0.717) is 17.9 Å². The number of fused-ring (bicyclic) bond motifs is 3. The van der Waals surface area contributed by atoms with E-state index in [-0.39, 0.29) is 23.8 Å². The van der Waals surface area contributed by atoms with Gasteiger partial charge in [-0.2, -0.15) is 0 Å². The molecule has 2 aromatic rings. The summed E-state index contributed by atoms with van der Waals surface area (Å²) in [4.78, 5) is 11.3. The number of benzene rings is 2. The first-order valence-corrected chi connectivity index (χ1v) is 10.7. The summed E-state index contributed by atoms with van der Waals surface area (Å²) in [6.45, 7) is -0.293. The Hall–Kier alpha value is -2.62. The van der Waals surface area contributed by atoms with E-state index in [2.05, 4.69) is 4.72 Å². The monoisotopic (exact) mass is 419 g/mol. The number of nitrogens with one attached hydrogen (secondary N) is 1. The van der Waals surface area contributed by atoms with Crippen LogP contribution in [0.1, 0.15) is 24.3 Å². The molecule has 2 aliphatic rings. The molecule has 3 N–H and O–H groups in total. The number of carboxylic acid groups (broad SMARTS) is 1. The van der Waals surface area contributed by atoms with E-state index < -0.39 is 34.3 Å². The van der Waals surface area contributed by atoms with Crippen LogP contribution in [-0.2, 0) is 19.6 Å². The van der Waals surface area contributed by atoms with Crippen molar-refractivity contribution in [3.63, 3.8) is 0 Å². The van der Waals surface area contributed by atoms with Crippen LogP contribution in [0.25, 0.3) is 0 Å². The van der Waals surface area contributed by atoms with Gasteiger partial charge in [-0.05, 0) is 36.8 Å². The van der Waals surface area contributed by atoms with Crippen LogP contribution in [0, 0.1) is 0 Å². The Kier molecular flexibility index (Phi) is 5.20.